The third-order valence-corrected chi connectivity index (χ3v) is 2.41. The van der Waals surface area contributed by atoms with Crippen LogP contribution in [0.3, 0.4) is 0 Å². The van der Waals surface area contributed by atoms with Crippen LogP contribution in [-0.2, 0) is 9.53 Å². The van der Waals surface area contributed by atoms with Gasteiger partial charge in [-0.05, 0) is 13.3 Å². The van der Waals surface area contributed by atoms with Gasteiger partial charge >= 0.3 is 5.97 Å². The summed E-state index contributed by atoms with van der Waals surface area (Å²) < 4.78 is 6.21. The van der Waals surface area contributed by atoms with E-state index in [2.05, 4.69) is 30.4 Å². The number of rotatable bonds is 7. The van der Waals surface area contributed by atoms with Crippen LogP contribution in [0.25, 0.3) is 5.95 Å². The molecule has 0 amide bonds. The van der Waals surface area contributed by atoms with Crippen molar-refractivity contribution in [3.63, 3.8) is 0 Å². The molecule has 0 unspecified atom stereocenters. The highest BCUT2D eigenvalue weighted by molar-refractivity contribution is 5.69. The average Bonchev–Trinajstić information content (AvgIpc) is 2.97. The Morgan fingerprint density at radius 2 is 2.29 bits per heavy atom. The van der Waals surface area contributed by atoms with E-state index in [1.807, 2.05) is 0 Å². The molecular weight excluding hydrogens is 276 g/mol. The molecule has 0 aromatic carbocycles. The predicted molar refractivity (Wildman–Crippen MR) is 73.5 cm³/mol. The molecule has 0 saturated carbocycles. The molecule has 112 valence electrons. The van der Waals surface area contributed by atoms with Gasteiger partial charge in [0.05, 0.1) is 6.61 Å². The summed E-state index contributed by atoms with van der Waals surface area (Å²) >= 11 is 0. The summed E-state index contributed by atoms with van der Waals surface area (Å²) in [4.78, 5) is 27.1. The van der Waals surface area contributed by atoms with E-state index in [4.69, 9.17) is 10.5 Å². The minimum absolute atomic E-state index is 0.0726. The molecule has 0 bridgehead atoms. The number of nitrogens with two attached hydrogens (primary N) is 1. The third kappa shape index (κ3) is 4.37. The zero-order valence-corrected chi connectivity index (χ0v) is 11.6. The highest BCUT2D eigenvalue weighted by Crippen LogP contribution is 2.06. The van der Waals surface area contributed by atoms with Gasteiger partial charge in [-0.3, -0.25) is 4.79 Å². The first-order chi connectivity index (χ1) is 10.2. The number of esters is 1. The van der Waals surface area contributed by atoms with Crippen molar-refractivity contribution in [3.05, 3.63) is 12.7 Å². The Morgan fingerprint density at radius 3 is 3.00 bits per heavy atom. The van der Waals surface area contributed by atoms with Crippen molar-refractivity contribution in [2.45, 2.75) is 19.8 Å². The van der Waals surface area contributed by atoms with Gasteiger partial charge in [-0.25, -0.2) is 4.98 Å². The molecule has 2 heterocycles. The first kappa shape index (κ1) is 14.6. The van der Waals surface area contributed by atoms with E-state index in [0.717, 1.165) is 0 Å². The van der Waals surface area contributed by atoms with Gasteiger partial charge in [0.25, 0.3) is 5.95 Å². The van der Waals surface area contributed by atoms with Crippen molar-refractivity contribution < 1.29 is 9.53 Å². The lowest BCUT2D eigenvalue weighted by Gasteiger charge is -2.06. The van der Waals surface area contributed by atoms with Crippen molar-refractivity contribution in [2.75, 3.05) is 24.2 Å². The van der Waals surface area contributed by atoms with Crippen LogP contribution in [0.4, 0.5) is 11.9 Å². The van der Waals surface area contributed by atoms with Gasteiger partial charge in [0.2, 0.25) is 11.9 Å². The molecule has 0 radical (unpaired) electrons. The average molecular weight is 292 g/mol. The standard InChI is InChI=1S/C11H16N8O2/c1-2-21-8(20)4-3-5-14-10-16-9(12)17-11(18-10)19-7-13-6-15-19/h6-7H,2-5H2,1H3,(H3,12,14,16,17,18). The van der Waals surface area contributed by atoms with Crippen molar-refractivity contribution in [2.24, 2.45) is 0 Å². The fourth-order valence-corrected chi connectivity index (χ4v) is 1.54. The van der Waals surface area contributed by atoms with Crippen molar-refractivity contribution in [1.82, 2.24) is 29.7 Å². The molecule has 0 aliphatic carbocycles. The molecule has 0 aliphatic heterocycles. The highest BCUT2D eigenvalue weighted by Gasteiger charge is 2.07. The Labute approximate surface area is 120 Å². The van der Waals surface area contributed by atoms with E-state index in [0.29, 0.717) is 31.9 Å². The number of carbonyl (C=O) groups is 1. The molecule has 0 atom stereocenters. The molecule has 0 fully saturated rings. The number of anilines is 2. The number of aromatic nitrogens is 6. The fourth-order valence-electron chi connectivity index (χ4n) is 1.54. The molecule has 2 aromatic rings. The first-order valence-electron chi connectivity index (χ1n) is 6.45. The number of carbonyl (C=O) groups excluding carboxylic acids is 1. The minimum Gasteiger partial charge on any atom is -0.466 e. The largest absolute Gasteiger partial charge is 0.466 e. The second kappa shape index (κ2) is 7.12. The molecule has 3 N–H and O–H groups in total. The number of hydrogen-bond acceptors (Lipinski definition) is 9. The van der Waals surface area contributed by atoms with Crippen LogP contribution < -0.4 is 11.1 Å². The fraction of sp³-hybridized carbons (Fsp3) is 0.455. The molecule has 21 heavy (non-hydrogen) atoms. The predicted octanol–water partition coefficient (Wildman–Crippen LogP) is -0.210. The molecule has 10 nitrogen and oxygen atoms in total. The summed E-state index contributed by atoms with van der Waals surface area (Å²) in [5, 5.41) is 6.89. The van der Waals surface area contributed by atoms with E-state index >= 15 is 0 Å². The molecule has 10 heteroatoms. The molecular formula is C11H16N8O2. The Hall–Kier alpha value is -2.78. The van der Waals surface area contributed by atoms with Crippen LogP contribution in [0, 0.1) is 0 Å². The summed E-state index contributed by atoms with van der Waals surface area (Å²) in [6.07, 6.45) is 3.76. The van der Waals surface area contributed by atoms with Crippen LogP contribution in [0.2, 0.25) is 0 Å². The van der Waals surface area contributed by atoms with E-state index in [9.17, 15) is 4.79 Å². The van der Waals surface area contributed by atoms with Crippen molar-refractivity contribution in [1.29, 1.82) is 0 Å². The van der Waals surface area contributed by atoms with Crippen molar-refractivity contribution >= 4 is 17.9 Å². The maximum absolute atomic E-state index is 11.2. The minimum atomic E-state index is -0.224. The van der Waals surface area contributed by atoms with Crippen LogP contribution in [0.5, 0.6) is 0 Å². The van der Waals surface area contributed by atoms with E-state index in [1.54, 1.807) is 6.92 Å². The van der Waals surface area contributed by atoms with Gasteiger partial charge in [0.15, 0.2) is 0 Å². The molecule has 0 spiro atoms. The highest BCUT2D eigenvalue weighted by atomic mass is 16.5. The number of nitrogens with one attached hydrogen (secondary N) is 1. The number of hydrogen-bond donors (Lipinski definition) is 2. The SMILES string of the molecule is CCOC(=O)CCCNc1nc(N)nc(-n2cncn2)n1. The number of ether oxygens (including phenoxy) is 1. The van der Waals surface area contributed by atoms with Gasteiger partial charge in [-0.2, -0.15) is 24.7 Å². The molecule has 2 aromatic heterocycles. The monoisotopic (exact) mass is 292 g/mol. The smallest absolute Gasteiger partial charge is 0.305 e. The lowest BCUT2D eigenvalue weighted by molar-refractivity contribution is -0.143. The molecule has 0 aliphatic rings. The maximum atomic E-state index is 11.2. The van der Waals surface area contributed by atoms with E-state index in [-0.39, 0.29) is 17.9 Å². The molecule has 2 rings (SSSR count). The topological polar surface area (TPSA) is 134 Å². The zero-order chi connectivity index (χ0) is 15.1. The maximum Gasteiger partial charge on any atom is 0.305 e. The zero-order valence-electron chi connectivity index (χ0n) is 11.6. The van der Waals surface area contributed by atoms with E-state index in [1.165, 1.54) is 17.3 Å². The Kier molecular flexibility index (Phi) is 4.96. The second-order valence-corrected chi connectivity index (χ2v) is 3.99. The quantitative estimate of drug-likeness (QED) is 0.525. The van der Waals surface area contributed by atoms with Crippen LogP contribution in [0.15, 0.2) is 12.7 Å². The first-order valence-corrected chi connectivity index (χ1v) is 6.45. The summed E-state index contributed by atoms with van der Waals surface area (Å²) in [5.41, 5.74) is 5.62. The van der Waals surface area contributed by atoms with Gasteiger partial charge in [0.1, 0.15) is 12.7 Å². The Bertz CT molecular complexity index is 586. The second-order valence-electron chi connectivity index (χ2n) is 3.99. The lowest BCUT2D eigenvalue weighted by Crippen LogP contribution is -2.13. The lowest BCUT2D eigenvalue weighted by atomic mass is 10.3. The van der Waals surface area contributed by atoms with Gasteiger partial charge in [-0.15, -0.1) is 0 Å². The van der Waals surface area contributed by atoms with E-state index < -0.39 is 0 Å². The molecule has 0 saturated heterocycles. The van der Waals surface area contributed by atoms with Gasteiger partial charge < -0.3 is 15.8 Å². The Morgan fingerprint density at radius 1 is 1.43 bits per heavy atom. The van der Waals surface area contributed by atoms with Crippen LogP contribution in [-0.4, -0.2) is 48.8 Å². The van der Waals surface area contributed by atoms with Crippen LogP contribution >= 0.6 is 0 Å². The number of nitrogens with zero attached hydrogens (tertiary/aromatic N) is 6. The Balaban J connectivity index is 1.90. The van der Waals surface area contributed by atoms with Gasteiger partial charge in [-0.1, -0.05) is 0 Å². The summed E-state index contributed by atoms with van der Waals surface area (Å²) in [5.74, 6) is 0.436. The third-order valence-electron chi connectivity index (χ3n) is 2.41. The van der Waals surface area contributed by atoms with Gasteiger partial charge in [0, 0.05) is 13.0 Å². The summed E-state index contributed by atoms with van der Waals surface area (Å²) in [7, 11) is 0. The summed E-state index contributed by atoms with van der Waals surface area (Å²) in [6, 6.07) is 0. The normalized spacial score (nSPS) is 10.3. The number of nitrogen functional groups attached to an aromatic ring is 1. The van der Waals surface area contributed by atoms with Crippen molar-refractivity contribution in [3.8, 4) is 5.95 Å². The van der Waals surface area contributed by atoms with Crippen LogP contribution in [0.1, 0.15) is 19.8 Å². The summed E-state index contributed by atoms with van der Waals surface area (Å²) in [6.45, 7) is 2.67.